The average Bonchev–Trinajstić information content (AvgIpc) is 2.41. The van der Waals surface area contributed by atoms with Crippen LogP contribution in [0.4, 0.5) is 0 Å². The summed E-state index contributed by atoms with van der Waals surface area (Å²) in [6, 6.07) is 4.06. The molecule has 1 aromatic rings. The van der Waals surface area contributed by atoms with E-state index in [4.69, 9.17) is 4.98 Å². The quantitative estimate of drug-likeness (QED) is 0.687. The number of rotatable bonds is 5. The first kappa shape index (κ1) is 18.2. The summed E-state index contributed by atoms with van der Waals surface area (Å²) in [6.07, 6.45) is 6.99. The van der Waals surface area contributed by atoms with Crippen molar-refractivity contribution in [3.8, 4) is 0 Å². The zero-order chi connectivity index (χ0) is 14.8. The number of aromatic nitrogens is 1. The number of hydrogen-bond donors (Lipinski definition) is 0. The average molecular weight is 310 g/mol. The van der Waals surface area contributed by atoms with Crippen LogP contribution in [0.1, 0.15) is 87.5 Å². The first-order valence-corrected chi connectivity index (χ1v) is 8.00. The summed E-state index contributed by atoms with van der Waals surface area (Å²) in [4.78, 5) is 17.2. The number of fused-ring (bicyclic) bond motifs is 1. The molecule has 0 N–H and O–H groups in total. The molecule has 0 saturated heterocycles. The molecular formula is C18H28ClNO. The smallest absolute Gasteiger partial charge is 0.170 e. The molecule has 1 aliphatic carbocycles. The molecule has 0 aromatic carbocycles. The molecule has 0 saturated carbocycles. The minimum Gasteiger partial charge on any atom is -0.294 e. The molecule has 1 heterocycles. The highest BCUT2D eigenvalue weighted by atomic mass is 35.5. The molecule has 0 radical (unpaired) electrons. The maximum atomic E-state index is 12.5. The summed E-state index contributed by atoms with van der Waals surface area (Å²) in [5, 5.41) is 0. The number of halogens is 1. The molecule has 21 heavy (non-hydrogen) atoms. The summed E-state index contributed by atoms with van der Waals surface area (Å²) < 4.78 is 0. The van der Waals surface area contributed by atoms with Gasteiger partial charge in [-0.3, -0.25) is 9.78 Å². The van der Waals surface area contributed by atoms with E-state index in [-0.39, 0.29) is 23.6 Å². The number of carbonyl (C=O) groups is 1. The maximum absolute atomic E-state index is 12.5. The highest BCUT2D eigenvalue weighted by Gasteiger charge is 2.38. The number of hydrogen-bond acceptors (Lipinski definition) is 2. The number of aryl methyl sites for hydroxylation is 1. The van der Waals surface area contributed by atoms with Crippen molar-refractivity contribution >= 4 is 18.2 Å². The zero-order valence-electron chi connectivity index (χ0n) is 13.7. The summed E-state index contributed by atoms with van der Waals surface area (Å²) in [5.41, 5.74) is 2.80. The van der Waals surface area contributed by atoms with Crippen LogP contribution >= 0.6 is 12.4 Å². The second kappa shape index (κ2) is 7.40. The van der Waals surface area contributed by atoms with E-state index >= 15 is 0 Å². The molecule has 1 unspecified atom stereocenters. The molecule has 0 spiro atoms. The van der Waals surface area contributed by atoms with Gasteiger partial charge in [0.15, 0.2) is 5.78 Å². The monoisotopic (exact) mass is 309 g/mol. The normalized spacial score (nSPS) is 19.8. The Hall–Kier alpha value is -0.890. The molecular weight excluding hydrogens is 282 g/mol. The number of carbonyl (C=O) groups excluding carboxylic acids is 1. The van der Waals surface area contributed by atoms with Gasteiger partial charge in [0.1, 0.15) is 0 Å². The molecule has 0 aliphatic heterocycles. The predicted molar refractivity (Wildman–Crippen MR) is 90.5 cm³/mol. The first-order chi connectivity index (χ1) is 9.45. The summed E-state index contributed by atoms with van der Waals surface area (Å²) in [5.74, 6) is 0.643. The molecule has 0 amide bonds. The van der Waals surface area contributed by atoms with E-state index in [9.17, 15) is 4.79 Å². The standard InChI is InChI=1S/C18H27NO.ClH/c1-5-6-7-8-9-14-10-11-15-16(19-14)13(2)12-18(3,4)17(15)20;/h10-11,13H,5-9,12H2,1-4H3;1H. The van der Waals surface area contributed by atoms with Gasteiger partial charge in [-0.25, -0.2) is 0 Å². The first-order valence-electron chi connectivity index (χ1n) is 8.00. The minimum absolute atomic E-state index is 0. The molecule has 1 atom stereocenters. The van der Waals surface area contributed by atoms with Crippen molar-refractivity contribution in [3.05, 3.63) is 29.1 Å². The van der Waals surface area contributed by atoms with Gasteiger partial charge in [0.05, 0.1) is 5.69 Å². The molecule has 1 aromatic heterocycles. The highest BCUT2D eigenvalue weighted by molar-refractivity contribution is 6.02. The Bertz CT molecular complexity index is 496. The van der Waals surface area contributed by atoms with E-state index in [0.29, 0.717) is 5.92 Å². The fraction of sp³-hybridized carbons (Fsp3) is 0.667. The van der Waals surface area contributed by atoms with Crippen LogP contribution in [0.25, 0.3) is 0 Å². The fourth-order valence-electron chi connectivity index (χ4n) is 3.28. The Labute approximate surface area is 135 Å². The third-order valence-electron chi connectivity index (χ3n) is 4.41. The fourth-order valence-corrected chi connectivity index (χ4v) is 3.28. The third-order valence-corrected chi connectivity index (χ3v) is 4.41. The van der Waals surface area contributed by atoms with Crippen LogP contribution in [-0.2, 0) is 6.42 Å². The van der Waals surface area contributed by atoms with Crippen molar-refractivity contribution < 1.29 is 4.79 Å². The van der Waals surface area contributed by atoms with Crippen molar-refractivity contribution in [2.24, 2.45) is 5.41 Å². The van der Waals surface area contributed by atoms with E-state index in [2.05, 4.69) is 19.9 Å². The number of unbranched alkanes of at least 4 members (excludes halogenated alkanes) is 3. The lowest BCUT2D eigenvalue weighted by Crippen LogP contribution is -2.32. The van der Waals surface area contributed by atoms with E-state index in [1.165, 1.54) is 25.7 Å². The molecule has 0 bridgehead atoms. The van der Waals surface area contributed by atoms with Crippen molar-refractivity contribution in [1.82, 2.24) is 4.98 Å². The lowest BCUT2D eigenvalue weighted by atomic mass is 9.70. The van der Waals surface area contributed by atoms with Crippen LogP contribution in [0.2, 0.25) is 0 Å². The lowest BCUT2D eigenvalue weighted by molar-refractivity contribution is 0.0795. The molecule has 2 nitrogen and oxygen atoms in total. The Morgan fingerprint density at radius 3 is 2.62 bits per heavy atom. The van der Waals surface area contributed by atoms with E-state index in [0.717, 1.165) is 29.8 Å². The number of pyridine rings is 1. The van der Waals surface area contributed by atoms with Crippen molar-refractivity contribution in [3.63, 3.8) is 0 Å². The van der Waals surface area contributed by atoms with Crippen LogP contribution < -0.4 is 0 Å². The third kappa shape index (κ3) is 4.06. The van der Waals surface area contributed by atoms with Crippen molar-refractivity contribution in [2.75, 3.05) is 0 Å². The summed E-state index contributed by atoms with van der Waals surface area (Å²) in [7, 11) is 0. The van der Waals surface area contributed by atoms with Crippen LogP contribution in [0.3, 0.4) is 0 Å². The largest absolute Gasteiger partial charge is 0.294 e. The number of Topliss-reactive ketones (excluding diaryl/α,β-unsaturated/α-hetero) is 1. The van der Waals surface area contributed by atoms with Crippen molar-refractivity contribution in [2.45, 2.75) is 72.1 Å². The van der Waals surface area contributed by atoms with Gasteiger partial charge >= 0.3 is 0 Å². The Morgan fingerprint density at radius 1 is 1.24 bits per heavy atom. The topological polar surface area (TPSA) is 30.0 Å². The van der Waals surface area contributed by atoms with Gasteiger partial charge in [0.2, 0.25) is 0 Å². The second-order valence-corrected chi connectivity index (χ2v) is 6.86. The molecule has 2 rings (SSSR count). The molecule has 0 fully saturated rings. The van der Waals surface area contributed by atoms with Crippen LogP contribution in [0.15, 0.2) is 12.1 Å². The second-order valence-electron chi connectivity index (χ2n) is 6.86. The number of ketones is 1. The maximum Gasteiger partial charge on any atom is 0.170 e. The van der Waals surface area contributed by atoms with Gasteiger partial charge in [0, 0.05) is 22.6 Å². The lowest BCUT2D eigenvalue weighted by Gasteiger charge is -2.33. The van der Waals surface area contributed by atoms with Gasteiger partial charge in [-0.1, -0.05) is 47.0 Å². The van der Waals surface area contributed by atoms with Crippen molar-refractivity contribution in [1.29, 1.82) is 0 Å². The Morgan fingerprint density at radius 2 is 1.95 bits per heavy atom. The van der Waals surface area contributed by atoms with Crippen LogP contribution in [0.5, 0.6) is 0 Å². The van der Waals surface area contributed by atoms with E-state index in [1.807, 2.05) is 19.9 Å². The Balaban J connectivity index is 0.00000220. The van der Waals surface area contributed by atoms with Crippen LogP contribution in [0, 0.1) is 5.41 Å². The Kier molecular flexibility index (Phi) is 6.40. The van der Waals surface area contributed by atoms with Gasteiger partial charge in [-0.05, 0) is 31.4 Å². The minimum atomic E-state index is -0.239. The SMILES string of the molecule is CCCCCCc1ccc2c(n1)C(C)CC(C)(C)C2=O.Cl. The van der Waals surface area contributed by atoms with Gasteiger partial charge in [-0.15, -0.1) is 12.4 Å². The zero-order valence-corrected chi connectivity index (χ0v) is 14.6. The van der Waals surface area contributed by atoms with Crippen LogP contribution in [-0.4, -0.2) is 10.8 Å². The summed E-state index contributed by atoms with van der Waals surface area (Å²) >= 11 is 0. The summed E-state index contributed by atoms with van der Waals surface area (Å²) in [6.45, 7) is 8.52. The molecule has 118 valence electrons. The number of nitrogens with zero attached hydrogens (tertiary/aromatic N) is 1. The molecule has 3 heteroatoms. The highest BCUT2D eigenvalue weighted by Crippen LogP contribution is 2.40. The predicted octanol–water partition coefficient (Wildman–Crippen LogP) is 5.34. The van der Waals surface area contributed by atoms with Gasteiger partial charge in [-0.2, -0.15) is 0 Å². The van der Waals surface area contributed by atoms with Gasteiger partial charge in [0.25, 0.3) is 0 Å². The van der Waals surface area contributed by atoms with Gasteiger partial charge < -0.3 is 0 Å². The molecule has 1 aliphatic rings. The van der Waals surface area contributed by atoms with E-state index < -0.39 is 0 Å². The van der Waals surface area contributed by atoms with E-state index in [1.54, 1.807) is 0 Å².